The van der Waals surface area contributed by atoms with E-state index in [1.54, 1.807) is 0 Å². The van der Waals surface area contributed by atoms with Gasteiger partial charge in [0.2, 0.25) is 0 Å². The lowest BCUT2D eigenvalue weighted by Crippen LogP contribution is -2.24. The number of hydrogen-bond acceptors (Lipinski definition) is 3. The largest absolute Gasteiger partial charge is 0.464 e. The number of nitrogens with one attached hydrogen (secondary N) is 1. The molecule has 0 fully saturated rings. The summed E-state index contributed by atoms with van der Waals surface area (Å²) < 4.78 is 5.55. The van der Waals surface area contributed by atoms with Crippen molar-refractivity contribution in [3.63, 3.8) is 0 Å². The van der Waals surface area contributed by atoms with Gasteiger partial charge in [-0.1, -0.05) is 18.2 Å². The fourth-order valence-electron chi connectivity index (χ4n) is 2.18. The summed E-state index contributed by atoms with van der Waals surface area (Å²) in [4.78, 5) is 2.37. The second-order valence-corrected chi connectivity index (χ2v) is 4.77. The highest BCUT2D eigenvalue weighted by atomic mass is 16.3. The van der Waals surface area contributed by atoms with E-state index in [0.717, 1.165) is 31.6 Å². The van der Waals surface area contributed by atoms with Gasteiger partial charge in [-0.25, -0.2) is 0 Å². The summed E-state index contributed by atoms with van der Waals surface area (Å²) in [6, 6.07) is 8.24. The fourth-order valence-corrected chi connectivity index (χ4v) is 2.18. The molecule has 2 aromatic rings. The first-order valence-corrected chi connectivity index (χ1v) is 6.59. The number of nitrogens with zero attached hydrogens (tertiary/aromatic N) is 1. The van der Waals surface area contributed by atoms with Crippen LogP contribution in [-0.2, 0) is 6.42 Å². The van der Waals surface area contributed by atoms with Crippen molar-refractivity contribution in [2.45, 2.75) is 12.8 Å². The van der Waals surface area contributed by atoms with Crippen LogP contribution in [0, 0.1) is 0 Å². The van der Waals surface area contributed by atoms with Gasteiger partial charge in [-0.2, -0.15) is 0 Å². The molecular formula is C15H22N2O. The molecule has 0 atom stereocenters. The van der Waals surface area contributed by atoms with Gasteiger partial charge >= 0.3 is 0 Å². The van der Waals surface area contributed by atoms with E-state index in [1.165, 1.54) is 17.4 Å². The molecule has 0 amide bonds. The number of rotatable bonds is 7. The molecule has 1 aromatic carbocycles. The molecule has 0 bridgehead atoms. The summed E-state index contributed by atoms with van der Waals surface area (Å²) in [5.41, 5.74) is 2.30. The first-order valence-electron chi connectivity index (χ1n) is 6.59. The van der Waals surface area contributed by atoms with Gasteiger partial charge in [-0.3, -0.25) is 0 Å². The fraction of sp³-hybridized carbons (Fsp3) is 0.467. The highest BCUT2D eigenvalue weighted by Gasteiger charge is 2.06. The smallest absolute Gasteiger partial charge is 0.134 e. The molecule has 3 heteroatoms. The Labute approximate surface area is 109 Å². The molecule has 0 radical (unpaired) electrons. The predicted octanol–water partition coefficient (Wildman–Crippen LogP) is 2.52. The minimum atomic E-state index is 0.991. The summed E-state index contributed by atoms with van der Waals surface area (Å²) in [7, 11) is 4.18. The van der Waals surface area contributed by atoms with E-state index in [2.05, 4.69) is 29.4 Å². The summed E-state index contributed by atoms with van der Waals surface area (Å²) in [6.45, 7) is 3.29. The maximum absolute atomic E-state index is 5.55. The summed E-state index contributed by atoms with van der Waals surface area (Å²) in [5, 5.41) is 4.43. The number of furan rings is 1. The Kier molecular flexibility index (Phi) is 4.79. The third kappa shape index (κ3) is 3.34. The van der Waals surface area contributed by atoms with Crippen molar-refractivity contribution in [1.29, 1.82) is 0 Å². The lowest BCUT2D eigenvalue weighted by molar-refractivity contribution is 0.332. The quantitative estimate of drug-likeness (QED) is 0.761. The van der Waals surface area contributed by atoms with Crippen molar-refractivity contribution >= 4 is 11.0 Å². The van der Waals surface area contributed by atoms with E-state index in [-0.39, 0.29) is 0 Å². The minimum Gasteiger partial charge on any atom is -0.464 e. The van der Waals surface area contributed by atoms with Crippen LogP contribution in [0.1, 0.15) is 12.0 Å². The molecule has 3 nitrogen and oxygen atoms in total. The summed E-state index contributed by atoms with van der Waals surface area (Å²) in [6.07, 6.45) is 4.14. The third-order valence-corrected chi connectivity index (χ3v) is 3.29. The molecule has 2 rings (SSSR count). The topological polar surface area (TPSA) is 28.4 Å². The second-order valence-electron chi connectivity index (χ2n) is 4.77. The van der Waals surface area contributed by atoms with Crippen LogP contribution in [0.3, 0.4) is 0 Å². The SMILES string of the molecule is CNCCCN(C)CCc1coc2ccccc12. The molecule has 0 aliphatic carbocycles. The average molecular weight is 246 g/mol. The predicted molar refractivity (Wildman–Crippen MR) is 76.0 cm³/mol. The molecule has 18 heavy (non-hydrogen) atoms. The Hall–Kier alpha value is -1.32. The minimum absolute atomic E-state index is 0.991. The lowest BCUT2D eigenvalue weighted by atomic mass is 10.1. The van der Waals surface area contributed by atoms with Crippen molar-refractivity contribution in [2.75, 3.05) is 33.7 Å². The van der Waals surface area contributed by atoms with E-state index >= 15 is 0 Å². The van der Waals surface area contributed by atoms with E-state index in [4.69, 9.17) is 4.42 Å². The molecule has 0 unspecified atom stereocenters. The zero-order valence-electron chi connectivity index (χ0n) is 11.3. The Balaban J connectivity index is 1.86. The van der Waals surface area contributed by atoms with Crippen LogP contribution >= 0.6 is 0 Å². The molecule has 98 valence electrons. The van der Waals surface area contributed by atoms with E-state index in [9.17, 15) is 0 Å². The van der Waals surface area contributed by atoms with Gasteiger partial charge in [-0.05, 0) is 51.7 Å². The van der Waals surface area contributed by atoms with Crippen LogP contribution in [0.25, 0.3) is 11.0 Å². The highest BCUT2D eigenvalue weighted by molar-refractivity contribution is 5.80. The van der Waals surface area contributed by atoms with Gasteiger partial charge in [0.05, 0.1) is 6.26 Å². The monoisotopic (exact) mass is 246 g/mol. The maximum Gasteiger partial charge on any atom is 0.134 e. The van der Waals surface area contributed by atoms with Crippen molar-refractivity contribution in [3.8, 4) is 0 Å². The zero-order valence-corrected chi connectivity index (χ0v) is 11.3. The van der Waals surface area contributed by atoms with Crippen LogP contribution in [0.15, 0.2) is 34.9 Å². The Bertz CT molecular complexity index is 478. The molecule has 0 saturated heterocycles. The molecule has 0 spiro atoms. The van der Waals surface area contributed by atoms with Crippen LogP contribution in [0.5, 0.6) is 0 Å². The first-order chi connectivity index (χ1) is 8.81. The maximum atomic E-state index is 5.55. The number of likely N-dealkylation sites (N-methyl/N-ethyl adjacent to an activating group) is 1. The zero-order chi connectivity index (χ0) is 12.8. The number of benzene rings is 1. The Morgan fingerprint density at radius 2 is 2.06 bits per heavy atom. The standard InChI is InChI=1S/C15H22N2O/c1-16-9-5-10-17(2)11-8-13-12-18-15-7-4-3-6-14(13)15/h3-4,6-7,12,16H,5,8-11H2,1-2H3. The van der Waals surface area contributed by atoms with Crippen LogP contribution in [-0.4, -0.2) is 38.6 Å². The van der Waals surface area contributed by atoms with Gasteiger partial charge in [0, 0.05) is 11.9 Å². The summed E-state index contributed by atoms with van der Waals surface area (Å²) in [5.74, 6) is 0. The second kappa shape index (κ2) is 6.57. The number of hydrogen-bond donors (Lipinski definition) is 1. The van der Waals surface area contributed by atoms with Gasteiger partial charge in [0.25, 0.3) is 0 Å². The van der Waals surface area contributed by atoms with Crippen LogP contribution in [0.2, 0.25) is 0 Å². The molecule has 1 heterocycles. The van der Waals surface area contributed by atoms with Gasteiger partial charge in [0.1, 0.15) is 5.58 Å². The Morgan fingerprint density at radius 1 is 1.22 bits per heavy atom. The molecule has 0 aliphatic rings. The van der Waals surface area contributed by atoms with Crippen LogP contribution < -0.4 is 5.32 Å². The van der Waals surface area contributed by atoms with Gasteiger partial charge in [0.15, 0.2) is 0 Å². The van der Waals surface area contributed by atoms with E-state index < -0.39 is 0 Å². The molecule has 1 aromatic heterocycles. The first kappa shape index (κ1) is 13.1. The molecular weight excluding hydrogens is 224 g/mol. The molecule has 1 N–H and O–H groups in total. The van der Waals surface area contributed by atoms with Crippen LogP contribution in [0.4, 0.5) is 0 Å². The van der Waals surface area contributed by atoms with Crippen molar-refractivity contribution < 1.29 is 4.42 Å². The molecule has 0 saturated carbocycles. The van der Waals surface area contributed by atoms with E-state index in [1.807, 2.05) is 25.4 Å². The van der Waals surface area contributed by atoms with Gasteiger partial charge in [-0.15, -0.1) is 0 Å². The van der Waals surface area contributed by atoms with E-state index in [0.29, 0.717) is 0 Å². The third-order valence-electron chi connectivity index (χ3n) is 3.29. The normalized spacial score (nSPS) is 11.5. The van der Waals surface area contributed by atoms with Crippen molar-refractivity contribution in [3.05, 3.63) is 36.1 Å². The molecule has 0 aliphatic heterocycles. The highest BCUT2D eigenvalue weighted by Crippen LogP contribution is 2.21. The summed E-state index contributed by atoms with van der Waals surface area (Å²) >= 11 is 0. The average Bonchev–Trinajstić information content (AvgIpc) is 2.80. The number of fused-ring (bicyclic) bond motifs is 1. The van der Waals surface area contributed by atoms with Crippen molar-refractivity contribution in [2.24, 2.45) is 0 Å². The number of para-hydroxylation sites is 1. The van der Waals surface area contributed by atoms with Crippen molar-refractivity contribution in [1.82, 2.24) is 10.2 Å². The van der Waals surface area contributed by atoms with Gasteiger partial charge < -0.3 is 14.6 Å². The Morgan fingerprint density at radius 3 is 2.89 bits per heavy atom. The lowest BCUT2D eigenvalue weighted by Gasteiger charge is -2.15.